The zero-order valence-electron chi connectivity index (χ0n) is 16.8. The number of para-hydroxylation sites is 1. The molecule has 25 heavy (non-hydrogen) atoms. The largest absolute Gasteiger partial charge is 0.443 e. The zero-order chi connectivity index (χ0) is 18.8. The van der Waals surface area contributed by atoms with Gasteiger partial charge in [0.2, 0.25) is 0 Å². The topological polar surface area (TPSA) is 44.8 Å². The lowest BCUT2D eigenvalue weighted by Gasteiger charge is -2.33. The molecule has 0 spiro atoms. The molecular weight excluding hydrogens is 314 g/mol. The van der Waals surface area contributed by atoms with E-state index in [0.29, 0.717) is 6.54 Å². The molecule has 0 saturated heterocycles. The maximum absolute atomic E-state index is 12.6. The Balaban J connectivity index is 2.12. The summed E-state index contributed by atoms with van der Waals surface area (Å²) in [6, 6.07) is 6.27. The van der Waals surface area contributed by atoms with E-state index in [1.54, 1.807) is 4.90 Å². The highest BCUT2D eigenvalue weighted by atomic mass is 16.6. The average molecular weight is 348 g/mol. The summed E-state index contributed by atoms with van der Waals surface area (Å²) in [5.74, 6) is 0. The van der Waals surface area contributed by atoms with Crippen LogP contribution in [0, 0.1) is 0 Å². The van der Waals surface area contributed by atoms with Crippen molar-refractivity contribution < 1.29 is 9.53 Å². The van der Waals surface area contributed by atoms with E-state index in [-0.39, 0.29) is 11.6 Å². The number of carbonyl (C=O) groups excluding carboxylic acids is 1. The maximum Gasteiger partial charge on any atom is 0.414 e. The number of carbonyl (C=O) groups is 1. The van der Waals surface area contributed by atoms with Crippen molar-refractivity contribution in [1.29, 1.82) is 0 Å². The monoisotopic (exact) mass is 347 g/mol. The minimum atomic E-state index is -0.483. The highest BCUT2D eigenvalue weighted by Crippen LogP contribution is 2.33. The third-order valence-corrected chi connectivity index (χ3v) is 4.78. The van der Waals surface area contributed by atoms with E-state index in [4.69, 9.17) is 4.74 Å². The molecule has 5 nitrogen and oxygen atoms in total. The van der Waals surface area contributed by atoms with Crippen LogP contribution in [0.5, 0.6) is 0 Å². The summed E-state index contributed by atoms with van der Waals surface area (Å²) in [4.78, 5) is 16.6. The molecule has 0 atom stereocenters. The van der Waals surface area contributed by atoms with E-state index < -0.39 is 5.60 Å². The number of anilines is 1. The smallest absolute Gasteiger partial charge is 0.414 e. The first-order valence-electron chi connectivity index (χ1n) is 9.01. The van der Waals surface area contributed by atoms with Gasteiger partial charge in [-0.25, -0.2) is 4.79 Å². The minimum Gasteiger partial charge on any atom is -0.443 e. The summed E-state index contributed by atoms with van der Waals surface area (Å²) in [5.41, 5.74) is 2.98. The second-order valence-corrected chi connectivity index (χ2v) is 8.62. The molecule has 0 radical (unpaired) electrons. The lowest BCUT2D eigenvalue weighted by Crippen LogP contribution is -2.46. The molecule has 0 aromatic heterocycles. The van der Waals surface area contributed by atoms with Crippen LogP contribution in [0.25, 0.3) is 0 Å². The molecule has 1 amide bonds. The van der Waals surface area contributed by atoms with Crippen LogP contribution in [0.2, 0.25) is 0 Å². The van der Waals surface area contributed by atoms with Gasteiger partial charge in [0.15, 0.2) is 0 Å². The zero-order valence-corrected chi connectivity index (χ0v) is 16.8. The van der Waals surface area contributed by atoms with Crippen molar-refractivity contribution in [3.05, 3.63) is 29.3 Å². The fourth-order valence-corrected chi connectivity index (χ4v) is 2.84. The van der Waals surface area contributed by atoms with Gasteiger partial charge in [-0.15, -0.1) is 0 Å². The number of hydrogen-bond acceptors (Lipinski definition) is 4. The molecule has 1 aromatic carbocycles. The van der Waals surface area contributed by atoms with Gasteiger partial charge in [0, 0.05) is 25.2 Å². The van der Waals surface area contributed by atoms with Gasteiger partial charge < -0.3 is 15.0 Å². The van der Waals surface area contributed by atoms with E-state index >= 15 is 0 Å². The summed E-state index contributed by atoms with van der Waals surface area (Å²) in [6.07, 6.45) is 0.623. The van der Waals surface area contributed by atoms with Crippen LogP contribution in [0.4, 0.5) is 10.5 Å². The van der Waals surface area contributed by atoms with Crippen molar-refractivity contribution in [2.75, 3.05) is 32.1 Å². The van der Waals surface area contributed by atoms with E-state index in [1.165, 1.54) is 5.56 Å². The van der Waals surface area contributed by atoms with Gasteiger partial charge >= 0.3 is 6.09 Å². The van der Waals surface area contributed by atoms with E-state index in [0.717, 1.165) is 30.8 Å². The van der Waals surface area contributed by atoms with Crippen LogP contribution >= 0.6 is 0 Å². The predicted molar refractivity (Wildman–Crippen MR) is 103 cm³/mol. The molecular formula is C20H33N3O2. The fraction of sp³-hybridized carbons (Fsp3) is 0.650. The Bertz CT molecular complexity index is 618. The number of benzene rings is 1. The Labute approximate surface area is 152 Å². The summed E-state index contributed by atoms with van der Waals surface area (Å²) in [5, 5.41) is 3.54. The molecule has 0 saturated carbocycles. The van der Waals surface area contributed by atoms with Crippen LogP contribution in [0.1, 0.15) is 45.7 Å². The van der Waals surface area contributed by atoms with Gasteiger partial charge in [0.25, 0.3) is 0 Å². The number of ether oxygens (including phenoxy) is 1. The summed E-state index contributed by atoms with van der Waals surface area (Å²) < 4.78 is 5.58. The molecule has 1 heterocycles. The molecule has 0 bridgehead atoms. The van der Waals surface area contributed by atoms with Crippen LogP contribution in [-0.2, 0) is 17.7 Å². The predicted octanol–water partition coefficient (Wildman–Crippen LogP) is 3.41. The van der Waals surface area contributed by atoms with Gasteiger partial charge in [-0.1, -0.05) is 18.2 Å². The third-order valence-electron chi connectivity index (χ3n) is 4.78. The lowest BCUT2D eigenvalue weighted by atomic mass is 10.0. The second kappa shape index (κ2) is 7.34. The Kier molecular flexibility index (Phi) is 5.79. The average Bonchev–Trinajstić information content (AvgIpc) is 2.90. The third kappa shape index (κ3) is 4.95. The SMILES string of the molecule is CN(C)C(C)(C)CNCc1cccc2c1N(C(=O)OC(C)(C)C)CC2. The Morgan fingerprint density at radius 1 is 1.24 bits per heavy atom. The maximum atomic E-state index is 12.6. The van der Waals surface area contributed by atoms with Crippen LogP contribution in [0.3, 0.4) is 0 Å². The second-order valence-electron chi connectivity index (χ2n) is 8.62. The van der Waals surface area contributed by atoms with Gasteiger partial charge in [-0.05, 0) is 66.3 Å². The van der Waals surface area contributed by atoms with Crippen molar-refractivity contribution in [2.24, 2.45) is 0 Å². The van der Waals surface area contributed by atoms with Gasteiger partial charge in [-0.2, -0.15) is 0 Å². The molecule has 5 heteroatoms. The van der Waals surface area contributed by atoms with Crippen molar-refractivity contribution in [1.82, 2.24) is 10.2 Å². The van der Waals surface area contributed by atoms with E-state index in [1.807, 2.05) is 20.8 Å². The number of fused-ring (bicyclic) bond motifs is 1. The van der Waals surface area contributed by atoms with Gasteiger partial charge in [0.05, 0.1) is 5.69 Å². The molecule has 0 aliphatic carbocycles. The number of amides is 1. The first-order valence-corrected chi connectivity index (χ1v) is 9.01. The van der Waals surface area contributed by atoms with E-state index in [2.05, 4.69) is 56.4 Å². The molecule has 0 fully saturated rings. The number of hydrogen-bond donors (Lipinski definition) is 1. The molecule has 140 valence electrons. The number of nitrogens with zero attached hydrogens (tertiary/aromatic N) is 2. The lowest BCUT2D eigenvalue weighted by molar-refractivity contribution is 0.0583. The Morgan fingerprint density at radius 2 is 1.92 bits per heavy atom. The number of rotatable bonds is 5. The summed E-state index contributed by atoms with van der Waals surface area (Å²) in [6.45, 7) is 12.4. The van der Waals surface area contributed by atoms with Crippen LogP contribution in [-0.4, -0.2) is 49.3 Å². The quantitative estimate of drug-likeness (QED) is 0.886. The number of likely N-dealkylation sites (N-methyl/N-ethyl adjacent to an activating group) is 1. The highest BCUT2D eigenvalue weighted by Gasteiger charge is 2.30. The van der Waals surface area contributed by atoms with Gasteiger partial charge in [0.1, 0.15) is 5.60 Å². The Hall–Kier alpha value is -1.59. The van der Waals surface area contributed by atoms with Crippen molar-refractivity contribution in [3.8, 4) is 0 Å². The molecule has 1 aliphatic rings. The molecule has 1 N–H and O–H groups in total. The highest BCUT2D eigenvalue weighted by molar-refractivity contribution is 5.91. The standard InChI is InChI=1S/C20H33N3O2/c1-19(2,3)25-18(24)23-12-11-15-9-8-10-16(17(15)23)13-21-14-20(4,5)22(6)7/h8-10,21H,11-14H2,1-7H3. The normalized spacial score (nSPS) is 14.8. The molecule has 2 rings (SSSR count). The summed E-state index contributed by atoms with van der Waals surface area (Å²) in [7, 11) is 4.18. The van der Waals surface area contributed by atoms with Gasteiger partial charge in [-0.3, -0.25) is 4.90 Å². The first-order chi connectivity index (χ1) is 11.5. The summed E-state index contributed by atoms with van der Waals surface area (Å²) >= 11 is 0. The minimum absolute atomic E-state index is 0.0722. The molecule has 0 unspecified atom stereocenters. The van der Waals surface area contributed by atoms with Crippen molar-refractivity contribution in [2.45, 2.75) is 58.7 Å². The van der Waals surface area contributed by atoms with E-state index in [9.17, 15) is 4.79 Å². The molecule has 1 aromatic rings. The molecule has 1 aliphatic heterocycles. The van der Waals surface area contributed by atoms with Crippen LogP contribution in [0.15, 0.2) is 18.2 Å². The van der Waals surface area contributed by atoms with Crippen molar-refractivity contribution in [3.63, 3.8) is 0 Å². The Morgan fingerprint density at radius 3 is 2.52 bits per heavy atom. The first kappa shape index (κ1) is 19.7. The number of nitrogens with one attached hydrogen (secondary N) is 1. The fourth-order valence-electron chi connectivity index (χ4n) is 2.84. The van der Waals surface area contributed by atoms with Crippen molar-refractivity contribution >= 4 is 11.8 Å². The van der Waals surface area contributed by atoms with Crippen LogP contribution < -0.4 is 10.2 Å².